The molecule has 3 aromatic heterocycles. The van der Waals surface area contributed by atoms with Gasteiger partial charge in [0.25, 0.3) is 0 Å². The number of anilines is 1. The van der Waals surface area contributed by atoms with Gasteiger partial charge in [0, 0.05) is 49.5 Å². The van der Waals surface area contributed by atoms with Crippen LogP contribution in [0.4, 0.5) is 15.0 Å². The maximum absolute atomic E-state index is 14.1. The van der Waals surface area contributed by atoms with Gasteiger partial charge in [-0.25, -0.2) is 24.4 Å². The fraction of sp³-hybridized carbons (Fsp3) is 0.345. The molecule has 4 heterocycles. The molecule has 4 aromatic rings. The number of nitrogens with one attached hydrogen (secondary N) is 2. The summed E-state index contributed by atoms with van der Waals surface area (Å²) in [7, 11) is 3.66. The van der Waals surface area contributed by atoms with E-state index in [0.29, 0.717) is 30.4 Å². The summed E-state index contributed by atoms with van der Waals surface area (Å²) in [5.74, 6) is 0.646. The highest BCUT2D eigenvalue weighted by molar-refractivity contribution is 5.91. The van der Waals surface area contributed by atoms with Crippen molar-refractivity contribution in [2.24, 2.45) is 0 Å². The lowest BCUT2D eigenvalue weighted by Crippen LogP contribution is -2.41. The fourth-order valence-corrected chi connectivity index (χ4v) is 5.38. The normalized spacial score (nSPS) is 19.1. The van der Waals surface area contributed by atoms with Crippen LogP contribution in [0.15, 0.2) is 61.1 Å². The van der Waals surface area contributed by atoms with Crippen LogP contribution in [-0.4, -0.2) is 68.5 Å². The second-order valence-corrected chi connectivity index (χ2v) is 9.99. The minimum atomic E-state index is -0.551. The SMILES string of the molecule is COCC[C@@H]1C[C@@H](NC(=O)Nc2c(C)c(-c3cnc(C)nc3)nn2-c2ccccc2)[C@H](c2ccnc(F)c2)N1C. The van der Waals surface area contributed by atoms with E-state index in [4.69, 9.17) is 9.84 Å². The summed E-state index contributed by atoms with van der Waals surface area (Å²) in [5.41, 5.74) is 3.75. The van der Waals surface area contributed by atoms with E-state index in [2.05, 4.69) is 30.5 Å². The van der Waals surface area contributed by atoms with E-state index in [9.17, 15) is 9.18 Å². The molecule has 208 valence electrons. The molecular formula is C29H33FN8O2. The lowest BCUT2D eigenvalue weighted by atomic mass is 10.0. The third-order valence-electron chi connectivity index (χ3n) is 7.39. The van der Waals surface area contributed by atoms with Crippen molar-refractivity contribution in [2.75, 3.05) is 26.1 Å². The van der Waals surface area contributed by atoms with Crippen molar-refractivity contribution >= 4 is 11.8 Å². The molecule has 1 aromatic carbocycles. The fourth-order valence-electron chi connectivity index (χ4n) is 5.38. The van der Waals surface area contributed by atoms with Gasteiger partial charge in [0.1, 0.15) is 17.3 Å². The number of nitrogens with zero attached hydrogens (tertiary/aromatic N) is 6. The van der Waals surface area contributed by atoms with E-state index in [1.807, 2.05) is 51.2 Å². The van der Waals surface area contributed by atoms with Crippen LogP contribution in [0, 0.1) is 19.8 Å². The molecule has 10 nitrogen and oxygen atoms in total. The summed E-state index contributed by atoms with van der Waals surface area (Å²) < 4.78 is 21.1. The van der Waals surface area contributed by atoms with Crippen molar-refractivity contribution in [3.05, 3.63) is 84.0 Å². The number of likely N-dealkylation sites (tertiary alicyclic amines) is 1. The van der Waals surface area contributed by atoms with Gasteiger partial charge >= 0.3 is 6.03 Å². The lowest BCUT2D eigenvalue weighted by molar-refractivity contribution is 0.150. The number of urea groups is 1. The van der Waals surface area contributed by atoms with Crippen LogP contribution in [0.25, 0.3) is 16.9 Å². The van der Waals surface area contributed by atoms with Crippen molar-refractivity contribution in [1.29, 1.82) is 0 Å². The second kappa shape index (κ2) is 11.9. The van der Waals surface area contributed by atoms with Crippen molar-refractivity contribution in [3.63, 3.8) is 0 Å². The highest BCUT2D eigenvalue weighted by atomic mass is 19.1. The first-order valence-electron chi connectivity index (χ1n) is 13.2. The highest BCUT2D eigenvalue weighted by Gasteiger charge is 2.40. The summed E-state index contributed by atoms with van der Waals surface area (Å²) in [6, 6.07) is 12.1. The van der Waals surface area contributed by atoms with Crippen LogP contribution in [-0.2, 0) is 4.74 Å². The predicted octanol–water partition coefficient (Wildman–Crippen LogP) is 4.45. The average Bonchev–Trinajstić information content (AvgIpc) is 3.43. The lowest BCUT2D eigenvalue weighted by Gasteiger charge is -2.28. The smallest absolute Gasteiger partial charge is 0.320 e. The molecule has 11 heteroatoms. The number of carbonyl (C=O) groups excluding carboxylic acids is 1. The van der Waals surface area contributed by atoms with E-state index in [0.717, 1.165) is 28.8 Å². The molecule has 2 N–H and O–H groups in total. The van der Waals surface area contributed by atoms with Gasteiger partial charge in [-0.15, -0.1) is 0 Å². The summed E-state index contributed by atoms with van der Waals surface area (Å²) in [4.78, 5) is 28.0. The number of aryl methyl sites for hydroxylation is 1. The van der Waals surface area contributed by atoms with Crippen LogP contribution < -0.4 is 10.6 Å². The van der Waals surface area contributed by atoms with E-state index in [-0.39, 0.29) is 24.2 Å². The summed E-state index contributed by atoms with van der Waals surface area (Å²) in [5, 5.41) is 11.0. The number of hydrogen-bond donors (Lipinski definition) is 2. The second-order valence-electron chi connectivity index (χ2n) is 9.99. The number of pyridine rings is 1. The van der Waals surface area contributed by atoms with Crippen LogP contribution in [0.3, 0.4) is 0 Å². The van der Waals surface area contributed by atoms with Crippen molar-refractivity contribution in [1.82, 2.24) is 34.9 Å². The zero-order chi connectivity index (χ0) is 28.2. The number of methoxy groups -OCH3 is 1. The number of ether oxygens (including phenoxy) is 1. The van der Waals surface area contributed by atoms with Gasteiger partial charge in [-0.1, -0.05) is 18.2 Å². The first kappa shape index (κ1) is 27.4. The number of hydrogen-bond acceptors (Lipinski definition) is 7. The van der Waals surface area contributed by atoms with E-state index >= 15 is 0 Å². The highest BCUT2D eigenvalue weighted by Crippen LogP contribution is 2.37. The summed E-state index contributed by atoms with van der Waals surface area (Å²) in [6.07, 6.45) is 6.38. The Hall–Kier alpha value is -4.22. The van der Waals surface area contributed by atoms with Gasteiger partial charge in [0.05, 0.1) is 17.8 Å². The van der Waals surface area contributed by atoms with Gasteiger partial charge < -0.3 is 10.1 Å². The molecule has 0 spiro atoms. The van der Waals surface area contributed by atoms with E-state index in [1.165, 1.54) is 12.3 Å². The largest absolute Gasteiger partial charge is 0.385 e. The van der Waals surface area contributed by atoms with Gasteiger partial charge in [-0.2, -0.15) is 9.49 Å². The molecule has 5 rings (SSSR count). The average molecular weight is 545 g/mol. The van der Waals surface area contributed by atoms with Gasteiger partial charge in [0.2, 0.25) is 5.95 Å². The van der Waals surface area contributed by atoms with Crippen LogP contribution in [0.1, 0.15) is 35.8 Å². The predicted molar refractivity (Wildman–Crippen MR) is 150 cm³/mol. The number of para-hydroxylation sites is 1. The Kier molecular flexibility index (Phi) is 8.13. The molecular weight excluding hydrogens is 511 g/mol. The van der Waals surface area contributed by atoms with Crippen molar-refractivity contribution in [2.45, 2.75) is 44.8 Å². The Morgan fingerprint density at radius 2 is 1.88 bits per heavy atom. The molecule has 3 atom stereocenters. The molecule has 0 saturated carbocycles. The number of halogens is 1. The zero-order valence-corrected chi connectivity index (χ0v) is 23.0. The van der Waals surface area contributed by atoms with Crippen LogP contribution in [0.2, 0.25) is 0 Å². The molecule has 0 radical (unpaired) electrons. The number of rotatable bonds is 8. The number of benzene rings is 1. The third kappa shape index (κ3) is 5.70. The number of aromatic nitrogens is 5. The van der Waals surface area contributed by atoms with Gasteiger partial charge in [-0.05, 0) is 63.6 Å². The molecule has 1 fully saturated rings. The molecule has 2 amide bonds. The van der Waals surface area contributed by atoms with Crippen LogP contribution >= 0.6 is 0 Å². The quantitative estimate of drug-likeness (QED) is 0.315. The summed E-state index contributed by atoms with van der Waals surface area (Å²) >= 11 is 0. The Labute approximate surface area is 232 Å². The third-order valence-corrected chi connectivity index (χ3v) is 7.39. The number of carbonyl (C=O) groups is 1. The zero-order valence-electron chi connectivity index (χ0n) is 23.0. The first-order valence-corrected chi connectivity index (χ1v) is 13.2. The Morgan fingerprint density at radius 1 is 1.12 bits per heavy atom. The van der Waals surface area contributed by atoms with Gasteiger partial charge in [0.15, 0.2) is 0 Å². The summed E-state index contributed by atoms with van der Waals surface area (Å²) in [6.45, 7) is 4.32. The van der Waals surface area contributed by atoms with E-state index < -0.39 is 5.95 Å². The van der Waals surface area contributed by atoms with E-state index in [1.54, 1.807) is 30.3 Å². The molecule has 0 unspecified atom stereocenters. The minimum Gasteiger partial charge on any atom is -0.385 e. The first-order chi connectivity index (χ1) is 19.4. The monoisotopic (exact) mass is 544 g/mol. The Balaban J connectivity index is 1.44. The molecule has 0 aliphatic carbocycles. The number of amides is 2. The Morgan fingerprint density at radius 3 is 2.58 bits per heavy atom. The molecule has 1 saturated heterocycles. The van der Waals surface area contributed by atoms with Crippen LogP contribution in [0.5, 0.6) is 0 Å². The minimum absolute atomic E-state index is 0.149. The standard InChI is InChI=1S/C29H33FN8O2/c1-18-26(21-16-32-19(2)33-17-21)36-38(22-8-6-5-7-9-22)28(18)35-29(39)34-24-15-23(11-13-40-4)37(3)27(24)20-10-12-31-25(30)14-20/h5-10,12,14,16-17,23-24,27H,11,13,15H2,1-4H3,(H2,34,35,39)/t23-,24-,27+/m1/s1. The number of likely N-dealkylation sites (N-methyl/N-ethyl adjacent to an activating group) is 1. The maximum Gasteiger partial charge on any atom is 0.320 e. The molecule has 1 aliphatic heterocycles. The van der Waals surface area contributed by atoms with Crippen molar-refractivity contribution in [3.8, 4) is 16.9 Å². The topological polar surface area (TPSA) is 110 Å². The maximum atomic E-state index is 14.1. The van der Waals surface area contributed by atoms with Crippen molar-refractivity contribution < 1.29 is 13.9 Å². The molecule has 0 bridgehead atoms. The molecule has 40 heavy (non-hydrogen) atoms. The molecule has 1 aliphatic rings. The van der Waals surface area contributed by atoms with Gasteiger partial charge in [-0.3, -0.25) is 10.2 Å². The Bertz CT molecular complexity index is 1460.